The van der Waals surface area contributed by atoms with Crippen molar-refractivity contribution >= 4 is 5.69 Å². The Balaban J connectivity index is 1.85. The van der Waals surface area contributed by atoms with E-state index < -0.39 is 0 Å². The molecule has 0 spiro atoms. The van der Waals surface area contributed by atoms with Gasteiger partial charge >= 0.3 is 0 Å². The van der Waals surface area contributed by atoms with Gasteiger partial charge in [-0.15, -0.1) is 0 Å². The van der Waals surface area contributed by atoms with E-state index in [1.165, 1.54) is 5.56 Å². The number of hydrogen-bond acceptors (Lipinski definition) is 4. The minimum Gasteiger partial charge on any atom is -0.493 e. The van der Waals surface area contributed by atoms with Gasteiger partial charge in [-0.1, -0.05) is 32.0 Å². The van der Waals surface area contributed by atoms with Crippen LogP contribution < -0.4 is 14.8 Å². The SMILES string of the molecule is CCOCCOc1cccc(NCc2cccc(OCC(C)C)c2)c1. The van der Waals surface area contributed by atoms with Crippen LogP contribution in [0.4, 0.5) is 5.69 Å². The molecule has 0 aliphatic heterocycles. The molecule has 0 aliphatic carbocycles. The maximum atomic E-state index is 5.78. The van der Waals surface area contributed by atoms with Gasteiger partial charge < -0.3 is 19.5 Å². The minimum absolute atomic E-state index is 0.521. The minimum atomic E-state index is 0.521. The molecule has 2 aromatic rings. The maximum Gasteiger partial charge on any atom is 0.121 e. The van der Waals surface area contributed by atoms with E-state index in [-0.39, 0.29) is 0 Å². The molecular formula is C21H29NO3. The molecule has 0 bridgehead atoms. The maximum absolute atomic E-state index is 5.78. The molecule has 0 saturated carbocycles. The van der Waals surface area contributed by atoms with Crippen LogP contribution in [-0.2, 0) is 11.3 Å². The molecule has 0 heterocycles. The van der Waals surface area contributed by atoms with Crippen LogP contribution in [0.3, 0.4) is 0 Å². The Labute approximate surface area is 151 Å². The summed E-state index contributed by atoms with van der Waals surface area (Å²) < 4.78 is 16.8. The normalized spacial score (nSPS) is 10.7. The summed E-state index contributed by atoms with van der Waals surface area (Å²) in [7, 11) is 0. The highest BCUT2D eigenvalue weighted by atomic mass is 16.5. The lowest BCUT2D eigenvalue weighted by Gasteiger charge is -2.12. The monoisotopic (exact) mass is 343 g/mol. The van der Waals surface area contributed by atoms with Crippen LogP contribution in [0, 0.1) is 5.92 Å². The standard InChI is InChI=1S/C21H29NO3/c1-4-23-11-12-24-21-10-6-8-19(14-21)22-15-18-7-5-9-20(13-18)25-16-17(2)3/h5-10,13-14,17,22H,4,11-12,15-16H2,1-3H3. The van der Waals surface area contributed by atoms with E-state index in [1.54, 1.807) is 0 Å². The number of ether oxygens (including phenoxy) is 3. The average molecular weight is 343 g/mol. The Morgan fingerprint density at radius 2 is 1.68 bits per heavy atom. The van der Waals surface area contributed by atoms with Gasteiger partial charge in [-0.2, -0.15) is 0 Å². The highest BCUT2D eigenvalue weighted by Gasteiger charge is 2.01. The third-order valence-electron chi connectivity index (χ3n) is 3.51. The molecule has 0 aliphatic rings. The fraction of sp³-hybridized carbons (Fsp3) is 0.429. The number of hydrogen-bond donors (Lipinski definition) is 1. The third kappa shape index (κ3) is 7.48. The van der Waals surface area contributed by atoms with Crippen molar-refractivity contribution in [2.75, 3.05) is 31.7 Å². The van der Waals surface area contributed by atoms with Gasteiger partial charge in [0.1, 0.15) is 18.1 Å². The summed E-state index contributed by atoms with van der Waals surface area (Å²) >= 11 is 0. The van der Waals surface area contributed by atoms with Crippen LogP contribution in [0.25, 0.3) is 0 Å². The van der Waals surface area contributed by atoms with E-state index in [2.05, 4.69) is 31.3 Å². The van der Waals surface area contributed by atoms with Gasteiger partial charge in [-0.05, 0) is 42.7 Å². The van der Waals surface area contributed by atoms with Crippen LogP contribution in [0.1, 0.15) is 26.3 Å². The molecule has 2 rings (SSSR count). The van der Waals surface area contributed by atoms with Crippen LogP contribution >= 0.6 is 0 Å². The summed E-state index contributed by atoms with van der Waals surface area (Å²) in [6.07, 6.45) is 0. The summed E-state index contributed by atoms with van der Waals surface area (Å²) in [4.78, 5) is 0. The fourth-order valence-electron chi connectivity index (χ4n) is 2.27. The number of nitrogens with one attached hydrogen (secondary N) is 1. The van der Waals surface area contributed by atoms with Gasteiger partial charge in [0.05, 0.1) is 13.2 Å². The lowest BCUT2D eigenvalue weighted by Crippen LogP contribution is -2.07. The average Bonchev–Trinajstić information content (AvgIpc) is 2.63. The molecule has 4 heteroatoms. The van der Waals surface area contributed by atoms with Crippen molar-refractivity contribution in [3.05, 3.63) is 54.1 Å². The molecule has 0 radical (unpaired) electrons. The van der Waals surface area contributed by atoms with Gasteiger partial charge in [0.25, 0.3) is 0 Å². The first-order valence-electron chi connectivity index (χ1n) is 8.93. The van der Waals surface area contributed by atoms with E-state index in [0.717, 1.165) is 30.3 Å². The number of benzene rings is 2. The summed E-state index contributed by atoms with van der Waals surface area (Å²) in [5.41, 5.74) is 2.21. The van der Waals surface area contributed by atoms with Crippen molar-refractivity contribution in [3.63, 3.8) is 0 Å². The largest absolute Gasteiger partial charge is 0.493 e. The first-order chi connectivity index (χ1) is 12.2. The highest BCUT2D eigenvalue weighted by molar-refractivity contribution is 5.48. The Morgan fingerprint density at radius 3 is 2.44 bits per heavy atom. The van der Waals surface area contributed by atoms with E-state index in [1.807, 2.05) is 43.3 Å². The second-order valence-corrected chi connectivity index (χ2v) is 6.28. The predicted molar refractivity (Wildman–Crippen MR) is 103 cm³/mol. The van der Waals surface area contributed by atoms with Gasteiger partial charge in [0.2, 0.25) is 0 Å². The molecule has 0 atom stereocenters. The van der Waals surface area contributed by atoms with Crippen LogP contribution in [0.15, 0.2) is 48.5 Å². The molecule has 4 nitrogen and oxygen atoms in total. The number of rotatable bonds is 11. The van der Waals surface area contributed by atoms with Crippen LogP contribution in [-0.4, -0.2) is 26.4 Å². The molecule has 0 unspecified atom stereocenters. The quantitative estimate of drug-likeness (QED) is 0.598. The lowest BCUT2D eigenvalue weighted by molar-refractivity contribution is 0.110. The number of anilines is 1. The molecular weight excluding hydrogens is 314 g/mol. The van der Waals surface area contributed by atoms with E-state index in [4.69, 9.17) is 14.2 Å². The molecule has 0 amide bonds. The topological polar surface area (TPSA) is 39.7 Å². The zero-order chi connectivity index (χ0) is 17.9. The van der Waals surface area contributed by atoms with E-state index in [0.29, 0.717) is 25.7 Å². The molecule has 25 heavy (non-hydrogen) atoms. The van der Waals surface area contributed by atoms with Crippen LogP contribution in [0.5, 0.6) is 11.5 Å². The van der Waals surface area contributed by atoms with Crippen molar-refractivity contribution in [3.8, 4) is 11.5 Å². The smallest absolute Gasteiger partial charge is 0.121 e. The van der Waals surface area contributed by atoms with Gasteiger partial charge in [-0.25, -0.2) is 0 Å². The van der Waals surface area contributed by atoms with Gasteiger partial charge in [0, 0.05) is 24.9 Å². The second kappa shape index (κ2) is 10.6. The van der Waals surface area contributed by atoms with E-state index >= 15 is 0 Å². The van der Waals surface area contributed by atoms with Gasteiger partial charge in [-0.3, -0.25) is 0 Å². The van der Waals surface area contributed by atoms with Crippen LogP contribution in [0.2, 0.25) is 0 Å². The Bertz CT molecular complexity index is 628. The zero-order valence-electron chi connectivity index (χ0n) is 15.5. The summed E-state index contributed by atoms with van der Waals surface area (Å²) in [6, 6.07) is 16.2. The fourth-order valence-corrected chi connectivity index (χ4v) is 2.27. The first kappa shape index (κ1) is 19.1. The van der Waals surface area contributed by atoms with Crippen molar-refractivity contribution in [2.24, 2.45) is 5.92 Å². The highest BCUT2D eigenvalue weighted by Crippen LogP contribution is 2.19. The van der Waals surface area contributed by atoms with Crippen molar-refractivity contribution in [1.29, 1.82) is 0 Å². The Hall–Kier alpha value is -2.20. The van der Waals surface area contributed by atoms with E-state index in [9.17, 15) is 0 Å². The lowest BCUT2D eigenvalue weighted by atomic mass is 10.2. The zero-order valence-corrected chi connectivity index (χ0v) is 15.5. The molecule has 0 fully saturated rings. The predicted octanol–water partition coefficient (Wildman–Crippen LogP) is 4.75. The molecule has 0 aromatic heterocycles. The Kier molecular flexibility index (Phi) is 8.13. The molecule has 2 aromatic carbocycles. The molecule has 0 saturated heterocycles. The molecule has 1 N–H and O–H groups in total. The first-order valence-corrected chi connectivity index (χ1v) is 8.93. The van der Waals surface area contributed by atoms with Crippen molar-refractivity contribution in [2.45, 2.75) is 27.3 Å². The van der Waals surface area contributed by atoms with Gasteiger partial charge in [0.15, 0.2) is 0 Å². The summed E-state index contributed by atoms with van der Waals surface area (Å²) in [5, 5.41) is 3.43. The van der Waals surface area contributed by atoms with Crippen molar-refractivity contribution in [1.82, 2.24) is 0 Å². The summed E-state index contributed by atoms with van der Waals surface area (Å²) in [5.74, 6) is 2.28. The van der Waals surface area contributed by atoms with Crippen molar-refractivity contribution < 1.29 is 14.2 Å². The second-order valence-electron chi connectivity index (χ2n) is 6.28. The molecule has 136 valence electrons. The summed E-state index contributed by atoms with van der Waals surface area (Å²) in [6.45, 7) is 9.63. The Morgan fingerprint density at radius 1 is 0.920 bits per heavy atom. The third-order valence-corrected chi connectivity index (χ3v) is 3.51.